The van der Waals surface area contributed by atoms with E-state index in [-0.39, 0.29) is 17.2 Å². The third kappa shape index (κ3) is 2.20. The summed E-state index contributed by atoms with van der Waals surface area (Å²) in [5, 5.41) is 8.96. The molecule has 0 fully saturated rings. The monoisotopic (exact) mass is 294 g/mol. The topological polar surface area (TPSA) is 120 Å². The van der Waals surface area contributed by atoms with E-state index in [1.165, 1.54) is 13.0 Å². The maximum atomic E-state index is 11.4. The zero-order chi connectivity index (χ0) is 15.7. The van der Waals surface area contributed by atoms with Crippen molar-refractivity contribution in [2.24, 2.45) is 0 Å². The molecule has 3 rings (SSSR count). The van der Waals surface area contributed by atoms with Gasteiger partial charge in [-0.1, -0.05) is 0 Å². The highest BCUT2D eigenvalue weighted by Gasteiger charge is 2.19. The summed E-state index contributed by atoms with van der Waals surface area (Å²) >= 11 is 0. The Morgan fingerprint density at radius 2 is 2.18 bits per heavy atom. The van der Waals surface area contributed by atoms with Gasteiger partial charge in [0, 0.05) is 13.1 Å². The number of nitrogen functional groups attached to an aromatic ring is 1. The molecule has 0 aliphatic rings. The third-order valence-electron chi connectivity index (χ3n) is 2.88. The Morgan fingerprint density at radius 1 is 1.36 bits per heavy atom. The van der Waals surface area contributed by atoms with Gasteiger partial charge in [0.1, 0.15) is 23.1 Å². The number of rotatable bonds is 2. The smallest absolute Gasteiger partial charge is 0.330 e. The number of aromatic nitrogens is 4. The fraction of sp³-hybridized carbons (Fsp3) is 0.0714. The van der Waals surface area contributed by atoms with E-state index in [1.807, 2.05) is 6.07 Å². The fourth-order valence-electron chi connectivity index (χ4n) is 1.99. The quantitative estimate of drug-likeness (QED) is 0.746. The van der Waals surface area contributed by atoms with Crippen LogP contribution in [-0.4, -0.2) is 25.7 Å². The molecular formula is C14H10N6O2. The van der Waals surface area contributed by atoms with Crippen LogP contribution in [0, 0.1) is 11.3 Å². The van der Waals surface area contributed by atoms with E-state index in [4.69, 9.17) is 15.8 Å². The number of fused-ring (bicyclic) bond motifs is 1. The lowest BCUT2D eigenvalue weighted by molar-refractivity contribution is -0.140. The van der Waals surface area contributed by atoms with Gasteiger partial charge in [-0.05, 0) is 24.3 Å². The maximum absolute atomic E-state index is 11.4. The van der Waals surface area contributed by atoms with Crippen LogP contribution in [0.5, 0.6) is 0 Å². The number of carbonyl (C=O) groups excluding carboxylic acids is 1. The number of carbonyl (C=O) groups is 1. The Hall–Kier alpha value is -3.47. The Morgan fingerprint density at radius 3 is 2.86 bits per heavy atom. The zero-order valence-corrected chi connectivity index (χ0v) is 11.5. The molecule has 2 N–H and O–H groups in total. The van der Waals surface area contributed by atoms with Gasteiger partial charge in [-0.15, -0.1) is 4.73 Å². The van der Waals surface area contributed by atoms with Crippen molar-refractivity contribution in [3.8, 4) is 17.5 Å². The van der Waals surface area contributed by atoms with E-state index in [0.29, 0.717) is 16.9 Å². The van der Waals surface area contributed by atoms with E-state index >= 15 is 0 Å². The first-order chi connectivity index (χ1) is 10.6. The molecule has 0 saturated heterocycles. The molecule has 8 heteroatoms. The minimum atomic E-state index is -0.549. The fourth-order valence-corrected chi connectivity index (χ4v) is 1.99. The molecule has 0 unspecified atom stereocenters. The van der Waals surface area contributed by atoms with E-state index in [2.05, 4.69) is 15.0 Å². The Bertz CT molecular complexity index is 925. The molecule has 0 amide bonds. The molecular weight excluding hydrogens is 284 g/mol. The lowest BCUT2D eigenvalue weighted by Gasteiger charge is -2.07. The highest BCUT2D eigenvalue weighted by Crippen LogP contribution is 2.26. The molecule has 8 nitrogen and oxygen atoms in total. The number of nitriles is 1. The van der Waals surface area contributed by atoms with Crippen LogP contribution in [0.1, 0.15) is 12.6 Å². The SMILES string of the molecule is CC(=O)On1c(-c2cccnc2N)nc2ccc(C#N)nc21. The molecule has 0 aliphatic heterocycles. The van der Waals surface area contributed by atoms with Crippen molar-refractivity contribution in [3.05, 3.63) is 36.2 Å². The zero-order valence-electron chi connectivity index (χ0n) is 11.5. The van der Waals surface area contributed by atoms with Crippen molar-refractivity contribution in [1.82, 2.24) is 19.7 Å². The summed E-state index contributed by atoms with van der Waals surface area (Å²) in [5.41, 5.74) is 7.27. The molecule has 3 heterocycles. The number of anilines is 1. The Labute approximate surface area is 124 Å². The molecule has 3 aromatic heterocycles. The molecule has 0 atom stereocenters. The Kier molecular flexibility index (Phi) is 3.16. The van der Waals surface area contributed by atoms with Crippen LogP contribution in [0.3, 0.4) is 0 Å². The molecule has 0 saturated carbocycles. The second kappa shape index (κ2) is 5.14. The summed E-state index contributed by atoms with van der Waals surface area (Å²) in [6, 6.07) is 8.48. The number of hydrogen-bond acceptors (Lipinski definition) is 7. The van der Waals surface area contributed by atoms with E-state index in [1.54, 1.807) is 24.4 Å². The summed E-state index contributed by atoms with van der Waals surface area (Å²) in [6.07, 6.45) is 1.55. The molecule has 0 bridgehead atoms. The summed E-state index contributed by atoms with van der Waals surface area (Å²) in [6.45, 7) is 1.26. The first-order valence-corrected chi connectivity index (χ1v) is 6.29. The van der Waals surface area contributed by atoms with E-state index < -0.39 is 5.97 Å². The van der Waals surface area contributed by atoms with Gasteiger partial charge < -0.3 is 10.6 Å². The van der Waals surface area contributed by atoms with Crippen molar-refractivity contribution in [2.45, 2.75) is 6.92 Å². The van der Waals surface area contributed by atoms with Gasteiger partial charge in [0.25, 0.3) is 0 Å². The van der Waals surface area contributed by atoms with Gasteiger partial charge in [-0.2, -0.15) is 5.26 Å². The molecule has 0 aromatic carbocycles. The number of nitrogens with two attached hydrogens (primary N) is 1. The van der Waals surface area contributed by atoms with Gasteiger partial charge in [-0.3, -0.25) is 0 Å². The normalized spacial score (nSPS) is 10.4. The minimum absolute atomic E-state index is 0.187. The summed E-state index contributed by atoms with van der Waals surface area (Å²) in [4.78, 5) is 29.0. The van der Waals surface area contributed by atoms with Crippen molar-refractivity contribution in [2.75, 3.05) is 5.73 Å². The van der Waals surface area contributed by atoms with Gasteiger partial charge in [0.15, 0.2) is 11.5 Å². The van der Waals surface area contributed by atoms with Gasteiger partial charge in [-0.25, -0.2) is 19.7 Å². The summed E-state index contributed by atoms with van der Waals surface area (Å²) < 4.78 is 1.16. The molecule has 108 valence electrons. The third-order valence-corrected chi connectivity index (χ3v) is 2.88. The number of pyridine rings is 2. The summed E-state index contributed by atoms with van der Waals surface area (Å²) in [5.74, 6) is -0.0164. The van der Waals surface area contributed by atoms with Crippen molar-refractivity contribution < 1.29 is 9.63 Å². The second-order valence-electron chi connectivity index (χ2n) is 4.40. The molecule has 0 aliphatic carbocycles. The van der Waals surface area contributed by atoms with Crippen molar-refractivity contribution >= 4 is 23.0 Å². The average molecular weight is 294 g/mol. The van der Waals surface area contributed by atoms with E-state index in [0.717, 1.165) is 4.73 Å². The van der Waals surface area contributed by atoms with E-state index in [9.17, 15) is 4.79 Å². The molecule has 0 radical (unpaired) electrons. The van der Waals surface area contributed by atoms with Crippen LogP contribution in [0.2, 0.25) is 0 Å². The van der Waals surface area contributed by atoms with Crippen LogP contribution in [0.15, 0.2) is 30.5 Å². The largest absolute Gasteiger partial charge is 0.383 e. The van der Waals surface area contributed by atoms with Gasteiger partial charge in [0.05, 0.1) is 5.56 Å². The molecule has 22 heavy (non-hydrogen) atoms. The Balaban J connectivity index is 2.32. The first kappa shape index (κ1) is 13.5. The predicted octanol–water partition coefficient (Wildman–Crippen LogP) is 0.922. The number of hydrogen-bond donors (Lipinski definition) is 1. The number of imidazole rings is 1. The van der Waals surface area contributed by atoms with Gasteiger partial charge in [0.2, 0.25) is 0 Å². The highest BCUT2D eigenvalue weighted by atomic mass is 16.7. The molecule has 3 aromatic rings. The second-order valence-corrected chi connectivity index (χ2v) is 4.40. The minimum Gasteiger partial charge on any atom is -0.383 e. The summed E-state index contributed by atoms with van der Waals surface area (Å²) in [7, 11) is 0. The number of nitrogens with zero attached hydrogens (tertiary/aromatic N) is 5. The average Bonchev–Trinajstić information content (AvgIpc) is 2.85. The van der Waals surface area contributed by atoms with Crippen LogP contribution >= 0.6 is 0 Å². The lowest BCUT2D eigenvalue weighted by Crippen LogP contribution is -2.18. The van der Waals surface area contributed by atoms with Crippen LogP contribution < -0.4 is 10.6 Å². The first-order valence-electron chi connectivity index (χ1n) is 6.29. The van der Waals surface area contributed by atoms with Crippen LogP contribution in [0.4, 0.5) is 5.82 Å². The highest BCUT2D eigenvalue weighted by molar-refractivity contribution is 5.81. The predicted molar refractivity (Wildman–Crippen MR) is 77.1 cm³/mol. The van der Waals surface area contributed by atoms with Crippen LogP contribution in [-0.2, 0) is 4.79 Å². The van der Waals surface area contributed by atoms with Crippen LogP contribution in [0.25, 0.3) is 22.6 Å². The molecule has 0 spiro atoms. The maximum Gasteiger partial charge on any atom is 0.330 e. The van der Waals surface area contributed by atoms with Gasteiger partial charge >= 0.3 is 5.97 Å². The standard InChI is InChI=1S/C14H10N6O2/c1-8(21)22-20-13(10-3-2-6-17-12(10)16)19-11-5-4-9(7-15)18-14(11)20/h2-6H,1H3,(H2,16,17). The van der Waals surface area contributed by atoms with Crippen molar-refractivity contribution in [3.63, 3.8) is 0 Å². The van der Waals surface area contributed by atoms with Crippen molar-refractivity contribution in [1.29, 1.82) is 5.26 Å². The lowest BCUT2D eigenvalue weighted by atomic mass is 10.2.